The molecule has 1 aliphatic heterocycles. The van der Waals surface area contributed by atoms with Gasteiger partial charge in [0.25, 0.3) is 0 Å². The fourth-order valence-corrected chi connectivity index (χ4v) is 5.96. The van der Waals surface area contributed by atoms with Crippen LogP contribution >= 0.6 is 11.6 Å². The van der Waals surface area contributed by atoms with E-state index in [9.17, 15) is 26.4 Å². The summed E-state index contributed by atoms with van der Waals surface area (Å²) in [6.07, 6.45) is -1.93. The Bertz CT molecular complexity index is 1160. The lowest BCUT2D eigenvalue weighted by Gasteiger charge is -2.34. The van der Waals surface area contributed by atoms with Gasteiger partial charge in [-0.3, -0.25) is 14.2 Å². The molecule has 2 aromatic heterocycles. The summed E-state index contributed by atoms with van der Waals surface area (Å²) in [7, 11) is -2.07. The maximum atomic E-state index is 13.2. The standard InChI is InChI=1S/C19H24ClF3N6O3S/c1-12-14(11-24-26(12)2)33(31,32)28-9-7-27(8-10-28)15(30)5-6-29-17(13-3-4-13)16(20)18(25-29)19(21,22)23/h11,13H,3-10H2,1-2H3. The van der Waals surface area contributed by atoms with E-state index in [1.807, 2.05) is 0 Å². The number of nitrogens with zero attached hydrogens (tertiary/aromatic N) is 6. The highest BCUT2D eigenvalue weighted by atomic mass is 35.5. The maximum Gasteiger partial charge on any atom is 0.436 e. The number of hydrogen-bond acceptors (Lipinski definition) is 5. The molecule has 0 atom stereocenters. The Balaban J connectivity index is 1.38. The highest BCUT2D eigenvalue weighted by molar-refractivity contribution is 7.89. The molecule has 1 saturated heterocycles. The molecule has 0 radical (unpaired) electrons. The topological polar surface area (TPSA) is 93.3 Å². The molecule has 4 rings (SSSR count). The summed E-state index contributed by atoms with van der Waals surface area (Å²) in [5.41, 5.74) is -0.265. The zero-order valence-corrected chi connectivity index (χ0v) is 19.7. The van der Waals surface area contributed by atoms with Gasteiger partial charge in [-0.15, -0.1) is 0 Å². The summed E-state index contributed by atoms with van der Waals surface area (Å²) in [6.45, 7) is 2.29. The molecular formula is C19H24ClF3N6O3S. The van der Waals surface area contributed by atoms with Crippen molar-refractivity contribution in [1.29, 1.82) is 0 Å². The molecule has 0 aromatic carbocycles. The highest BCUT2D eigenvalue weighted by Gasteiger charge is 2.42. The zero-order chi connectivity index (χ0) is 24.1. The van der Waals surface area contributed by atoms with Gasteiger partial charge in [0, 0.05) is 45.6 Å². The predicted octanol–water partition coefficient (Wildman–Crippen LogP) is 2.40. The summed E-state index contributed by atoms with van der Waals surface area (Å²) in [5.74, 6) is -0.340. The van der Waals surface area contributed by atoms with Gasteiger partial charge in [0.05, 0.1) is 29.2 Å². The number of sulfonamides is 1. The molecule has 0 bridgehead atoms. The van der Waals surface area contributed by atoms with Gasteiger partial charge in [-0.05, 0) is 19.8 Å². The predicted molar refractivity (Wildman–Crippen MR) is 112 cm³/mol. The van der Waals surface area contributed by atoms with Crippen LogP contribution in [0.15, 0.2) is 11.1 Å². The number of alkyl halides is 3. The number of aryl methyl sites for hydroxylation is 2. The molecule has 33 heavy (non-hydrogen) atoms. The molecule has 0 N–H and O–H groups in total. The zero-order valence-electron chi connectivity index (χ0n) is 18.1. The monoisotopic (exact) mass is 508 g/mol. The first kappa shape index (κ1) is 24.0. The first-order chi connectivity index (χ1) is 15.4. The summed E-state index contributed by atoms with van der Waals surface area (Å²) in [4.78, 5) is 14.3. The Hall–Kier alpha value is -2.12. The minimum atomic E-state index is -4.66. The Morgan fingerprint density at radius 1 is 1.21 bits per heavy atom. The van der Waals surface area contributed by atoms with Crippen molar-refractivity contribution in [1.82, 2.24) is 28.8 Å². The fraction of sp³-hybridized carbons (Fsp3) is 0.632. The lowest BCUT2D eigenvalue weighted by atomic mass is 10.2. The molecule has 2 aromatic rings. The number of carbonyl (C=O) groups is 1. The van der Waals surface area contributed by atoms with E-state index in [1.54, 1.807) is 14.0 Å². The second kappa shape index (κ2) is 8.58. The number of piperazine rings is 1. The van der Waals surface area contributed by atoms with Crippen molar-refractivity contribution in [3.8, 4) is 0 Å². The first-order valence-corrected chi connectivity index (χ1v) is 12.3. The van der Waals surface area contributed by atoms with Gasteiger partial charge >= 0.3 is 6.18 Å². The van der Waals surface area contributed by atoms with E-state index in [-0.39, 0.29) is 60.9 Å². The molecular weight excluding hydrogens is 485 g/mol. The van der Waals surface area contributed by atoms with Crippen molar-refractivity contribution in [3.05, 3.63) is 28.3 Å². The van der Waals surface area contributed by atoms with Gasteiger partial charge in [0.15, 0.2) is 5.69 Å². The van der Waals surface area contributed by atoms with Crippen LogP contribution in [0.2, 0.25) is 5.02 Å². The quantitative estimate of drug-likeness (QED) is 0.597. The molecule has 2 fully saturated rings. The van der Waals surface area contributed by atoms with Crippen LogP contribution in [0.1, 0.15) is 42.3 Å². The Morgan fingerprint density at radius 3 is 2.36 bits per heavy atom. The molecule has 0 spiro atoms. The number of halogens is 4. The van der Waals surface area contributed by atoms with Crippen LogP contribution in [0.4, 0.5) is 13.2 Å². The third-order valence-corrected chi connectivity index (χ3v) is 8.48. The largest absolute Gasteiger partial charge is 0.436 e. The molecule has 9 nitrogen and oxygen atoms in total. The Labute approximate surface area is 194 Å². The number of hydrogen-bond donors (Lipinski definition) is 0. The van der Waals surface area contributed by atoms with E-state index in [4.69, 9.17) is 11.6 Å². The van der Waals surface area contributed by atoms with Gasteiger partial charge in [-0.1, -0.05) is 11.6 Å². The van der Waals surface area contributed by atoms with Crippen LogP contribution in [-0.4, -0.2) is 69.3 Å². The number of amides is 1. The van der Waals surface area contributed by atoms with E-state index >= 15 is 0 Å². The third-order valence-electron chi connectivity index (χ3n) is 6.10. The SMILES string of the molecule is Cc1c(S(=O)(=O)N2CCN(C(=O)CCn3nc(C(F)(F)F)c(Cl)c3C3CC3)CC2)cnn1C. The van der Waals surface area contributed by atoms with Crippen molar-refractivity contribution in [2.75, 3.05) is 26.2 Å². The van der Waals surface area contributed by atoms with Gasteiger partial charge < -0.3 is 4.90 Å². The van der Waals surface area contributed by atoms with Gasteiger partial charge in [0.2, 0.25) is 15.9 Å². The number of aromatic nitrogens is 4. The lowest BCUT2D eigenvalue weighted by Crippen LogP contribution is -2.50. The molecule has 0 unspecified atom stereocenters. The van der Waals surface area contributed by atoms with Crippen LogP contribution in [0.5, 0.6) is 0 Å². The van der Waals surface area contributed by atoms with Crippen LogP contribution < -0.4 is 0 Å². The van der Waals surface area contributed by atoms with Gasteiger partial charge in [-0.2, -0.15) is 27.7 Å². The molecule has 182 valence electrons. The minimum absolute atomic E-state index is 0.0200. The maximum absolute atomic E-state index is 13.2. The van der Waals surface area contributed by atoms with E-state index in [1.165, 1.54) is 24.8 Å². The molecule has 1 amide bonds. The Kier molecular flexibility index (Phi) is 6.25. The number of rotatable bonds is 6. The van der Waals surface area contributed by atoms with Gasteiger partial charge in [-0.25, -0.2) is 8.42 Å². The van der Waals surface area contributed by atoms with Crippen LogP contribution in [-0.2, 0) is 34.6 Å². The molecule has 2 aliphatic rings. The lowest BCUT2D eigenvalue weighted by molar-refractivity contribution is -0.141. The van der Waals surface area contributed by atoms with Crippen molar-refractivity contribution >= 4 is 27.5 Å². The molecule has 1 saturated carbocycles. The van der Waals surface area contributed by atoms with Crippen molar-refractivity contribution in [3.63, 3.8) is 0 Å². The highest BCUT2D eigenvalue weighted by Crippen LogP contribution is 2.46. The van der Waals surface area contributed by atoms with Crippen molar-refractivity contribution in [2.24, 2.45) is 7.05 Å². The van der Waals surface area contributed by atoms with Gasteiger partial charge in [0.1, 0.15) is 4.90 Å². The Morgan fingerprint density at radius 2 is 1.85 bits per heavy atom. The summed E-state index contributed by atoms with van der Waals surface area (Å²) >= 11 is 5.97. The van der Waals surface area contributed by atoms with Crippen molar-refractivity contribution in [2.45, 2.75) is 49.7 Å². The smallest absolute Gasteiger partial charge is 0.340 e. The molecule has 14 heteroatoms. The van der Waals surface area contributed by atoms with Crippen LogP contribution in [0.25, 0.3) is 0 Å². The minimum Gasteiger partial charge on any atom is -0.340 e. The summed E-state index contributed by atoms with van der Waals surface area (Å²) in [5, 5.41) is 7.23. The van der Waals surface area contributed by atoms with E-state index in [0.717, 1.165) is 12.8 Å². The summed E-state index contributed by atoms with van der Waals surface area (Å²) < 4.78 is 69.4. The fourth-order valence-electron chi connectivity index (χ4n) is 3.96. The second-order valence-electron chi connectivity index (χ2n) is 8.30. The third kappa shape index (κ3) is 4.62. The second-order valence-corrected chi connectivity index (χ2v) is 10.6. The average Bonchev–Trinajstić information content (AvgIpc) is 3.44. The van der Waals surface area contributed by atoms with E-state index in [0.29, 0.717) is 11.4 Å². The normalized spacial score (nSPS) is 18.2. The first-order valence-electron chi connectivity index (χ1n) is 10.5. The van der Waals surface area contributed by atoms with Crippen molar-refractivity contribution < 1.29 is 26.4 Å². The average molecular weight is 509 g/mol. The van der Waals surface area contributed by atoms with E-state index in [2.05, 4.69) is 10.2 Å². The van der Waals surface area contributed by atoms with Crippen LogP contribution in [0, 0.1) is 6.92 Å². The summed E-state index contributed by atoms with van der Waals surface area (Å²) in [6, 6.07) is 0. The molecule has 1 aliphatic carbocycles. The van der Waals surface area contributed by atoms with E-state index < -0.39 is 21.9 Å². The van der Waals surface area contributed by atoms with Crippen LogP contribution in [0.3, 0.4) is 0 Å². The number of carbonyl (C=O) groups excluding carboxylic acids is 1. The molecule has 3 heterocycles.